The van der Waals surface area contributed by atoms with E-state index in [-0.39, 0.29) is 23.6 Å². The lowest BCUT2D eigenvalue weighted by Crippen LogP contribution is -2.50. The molecule has 24 heavy (non-hydrogen) atoms. The Balaban J connectivity index is 1.61. The fourth-order valence-electron chi connectivity index (χ4n) is 3.38. The monoisotopic (exact) mass is 332 g/mol. The Hall–Kier alpha value is -2.48. The van der Waals surface area contributed by atoms with Crippen LogP contribution in [0.15, 0.2) is 24.4 Å². The van der Waals surface area contributed by atoms with E-state index in [9.17, 15) is 9.18 Å². The molecule has 7 nitrogen and oxygen atoms in total. The van der Waals surface area contributed by atoms with Gasteiger partial charge in [-0.05, 0) is 24.6 Å². The molecule has 0 spiro atoms. The van der Waals surface area contributed by atoms with Gasteiger partial charge < -0.3 is 14.4 Å². The Labute approximate surface area is 138 Å². The van der Waals surface area contributed by atoms with Crippen LogP contribution >= 0.6 is 0 Å². The van der Waals surface area contributed by atoms with Crippen molar-refractivity contribution >= 4 is 5.91 Å². The summed E-state index contributed by atoms with van der Waals surface area (Å²) in [4.78, 5) is 14.5. The molecule has 1 aromatic heterocycles. The molecule has 0 saturated carbocycles. The van der Waals surface area contributed by atoms with Gasteiger partial charge in [-0.25, -0.2) is 9.07 Å². The lowest BCUT2D eigenvalue weighted by atomic mass is 9.99. The first-order chi connectivity index (χ1) is 11.7. The SMILES string of the molecule is COc1ccc(F)cc1C(=O)N1CC[C@H]2OCc3cnnn3[C@@H]2C1. The zero-order valence-corrected chi connectivity index (χ0v) is 13.2. The van der Waals surface area contributed by atoms with Crippen LogP contribution in [0.1, 0.15) is 28.5 Å². The van der Waals surface area contributed by atoms with Crippen molar-refractivity contribution in [3.8, 4) is 5.75 Å². The van der Waals surface area contributed by atoms with Crippen molar-refractivity contribution < 1.29 is 18.7 Å². The first kappa shape index (κ1) is 15.1. The van der Waals surface area contributed by atoms with Crippen LogP contribution in [0.5, 0.6) is 5.75 Å². The van der Waals surface area contributed by atoms with Gasteiger partial charge in [0.2, 0.25) is 0 Å². The van der Waals surface area contributed by atoms with Crippen molar-refractivity contribution in [2.45, 2.75) is 25.2 Å². The van der Waals surface area contributed by atoms with Crippen molar-refractivity contribution in [2.24, 2.45) is 0 Å². The zero-order chi connectivity index (χ0) is 16.7. The van der Waals surface area contributed by atoms with Crippen molar-refractivity contribution in [1.82, 2.24) is 19.9 Å². The summed E-state index contributed by atoms with van der Waals surface area (Å²) >= 11 is 0. The zero-order valence-electron chi connectivity index (χ0n) is 13.2. The molecular weight excluding hydrogens is 315 g/mol. The van der Waals surface area contributed by atoms with Crippen LogP contribution in [0.3, 0.4) is 0 Å². The number of piperidine rings is 1. The van der Waals surface area contributed by atoms with Gasteiger partial charge in [-0.1, -0.05) is 5.21 Å². The van der Waals surface area contributed by atoms with Gasteiger partial charge in [0, 0.05) is 13.1 Å². The molecule has 3 heterocycles. The maximum Gasteiger partial charge on any atom is 0.257 e. The molecule has 1 amide bonds. The minimum absolute atomic E-state index is 0.0117. The van der Waals surface area contributed by atoms with E-state index in [1.165, 1.54) is 25.3 Å². The molecule has 1 saturated heterocycles. The van der Waals surface area contributed by atoms with Crippen LogP contribution in [0.2, 0.25) is 0 Å². The van der Waals surface area contributed by atoms with E-state index in [0.29, 0.717) is 31.9 Å². The summed E-state index contributed by atoms with van der Waals surface area (Å²) in [5.74, 6) is -0.351. The molecule has 0 bridgehead atoms. The third kappa shape index (κ3) is 2.43. The Bertz CT molecular complexity index is 778. The number of nitrogens with zero attached hydrogens (tertiary/aromatic N) is 4. The molecule has 1 fully saturated rings. The maximum atomic E-state index is 13.6. The van der Waals surface area contributed by atoms with E-state index in [2.05, 4.69) is 10.3 Å². The van der Waals surface area contributed by atoms with Gasteiger partial charge in [-0.15, -0.1) is 5.10 Å². The summed E-state index contributed by atoms with van der Waals surface area (Å²) in [6, 6.07) is 3.88. The minimum Gasteiger partial charge on any atom is -0.496 e. The molecule has 1 aromatic carbocycles. The number of hydrogen-bond donors (Lipinski definition) is 0. The summed E-state index contributed by atoms with van der Waals surface area (Å²) in [6.07, 6.45) is 2.39. The van der Waals surface area contributed by atoms with Gasteiger partial charge in [-0.3, -0.25) is 4.79 Å². The lowest BCUT2D eigenvalue weighted by molar-refractivity contribution is -0.0605. The number of ether oxygens (including phenoxy) is 2. The van der Waals surface area contributed by atoms with Gasteiger partial charge in [0.25, 0.3) is 5.91 Å². The largest absolute Gasteiger partial charge is 0.496 e. The number of benzene rings is 1. The molecule has 2 aromatic rings. The quantitative estimate of drug-likeness (QED) is 0.832. The van der Waals surface area contributed by atoms with Crippen LogP contribution in [-0.2, 0) is 11.3 Å². The molecule has 0 aliphatic carbocycles. The Kier molecular flexibility index (Phi) is 3.68. The van der Waals surface area contributed by atoms with Crippen LogP contribution in [0.4, 0.5) is 4.39 Å². The Morgan fingerprint density at radius 1 is 1.46 bits per heavy atom. The smallest absolute Gasteiger partial charge is 0.257 e. The van der Waals surface area contributed by atoms with Gasteiger partial charge in [-0.2, -0.15) is 0 Å². The number of hydrogen-bond acceptors (Lipinski definition) is 5. The Morgan fingerprint density at radius 3 is 3.17 bits per heavy atom. The third-order valence-corrected chi connectivity index (χ3v) is 4.61. The summed E-state index contributed by atoms with van der Waals surface area (Å²) in [5, 5.41) is 8.04. The maximum absolute atomic E-state index is 13.6. The van der Waals surface area contributed by atoms with E-state index in [4.69, 9.17) is 9.47 Å². The van der Waals surface area contributed by atoms with E-state index in [1.807, 2.05) is 4.68 Å². The molecule has 126 valence electrons. The number of carbonyl (C=O) groups is 1. The standard InChI is InChI=1S/C16H17FN4O3/c1-23-14-3-2-10(17)6-12(14)16(22)20-5-4-15-13(8-20)21-11(9-24-15)7-18-19-21/h2-3,6-7,13,15H,4-5,8-9H2,1H3/t13-,15-/m1/s1. The van der Waals surface area contributed by atoms with Crippen molar-refractivity contribution in [3.63, 3.8) is 0 Å². The van der Waals surface area contributed by atoms with E-state index >= 15 is 0 Å². The molecule has 0 N–H and O–H groups in total. The normalized spacial score (nSPS) is 22.7. The van der Waals surface area contributed by atoms with Crippen LogP contribution in [0, 0.1) is 5.82 Å². The van der Waals surface area contributed by atoms with Crippen molar-refractivity contribution in [2.75, 3.05) is 20.2 Å². The molecular formula is C16H17FN4O3. The van der Waals surface area contributed by atoms with Crippen molar-refractivity contribution in [3.05, 3.63) is 41.5 Å². The molecule has 2 atom stereocenters. The predicted octanol–water partition coefficient (Wildman–Crippen LogP) is 1.41. The summed E-state index contributed by atoms with van der Waals surface area (Å²) < 4.78 is 26.4. The number of fused-ring (bicyclic) bond motifs is 3. The highest BCUT2D eigenvalue weighted by molar-refractivity contribution is 5.97. The molecule has 0 radical (unpaired) electrons. The highest BCUT2D eigenvalue weighted by Crippen LogP contribution is 2.31. The lowest BCUT2D eigenvalue weighted by Gasteiger charge is -2.41. The van der Waals surface area contributed by atoms with E-state index < -0.39 is 5.82 Å². The Morgan fingerprint density at radius 2 is 2.33 bits per heavy atom. The summed E-state index contributed by atoms with van der Waals surface area (Å²) in [5.41, 5.74) is 1.13. The van der Waals surface area contributed by atoms with Crippen LogP contribution < -0.4 is 4.74 Å². The molecule has 4 rings (SSSR count). The average Bonchev–Trinajstić information content (AvgIpc) is 3.10. The first-order valence-corrected chi connectivity index (χ1v) is 7.81. The van der Waals surface area contributed by atoms with E-state index in [1.54, 1.807) is 11.1 Å². The van der Waals surface area contributed by atoms with Crippen LogP contribution in [0.25, 0.3) is 0 Å². The van der Waals surface area contributed by atoms with Gasteiger partial charge in [0.15, 0.2) is 0 Å². The van der Waals surface area contributed by atoms with Crippen LogP contribution in [-0.4, -0.2) is 52.1 Å². The average molecular weight is 332 g/mol. The molecule has 2 aliphatic rings. The number of halogens is 1. The number of methoxy groups -OCH3 is 1. The fourth-order valence-corrected chi connectivity index (χ4v) is 3.38. The topological polar surface area (TPSA) is 69.5 Å². The second-order valence-corrected chi connectivity index (χ2v) is 5.97. The highest BCUT2D eigenvalue weighted by atomic mass is 19.1. The van der Waals surface area contributed by atoms with Gasteiger partial charge in [0.05, 0.1) is 43.3 Å². The fraction of sp³-hybridized carbons (Fsp3) is 0.438. The second-order valence-electron chi connectivity index (χ2n) is 5.97. The summed E-state index contributed by atoms with van der Waals surface area (Å²) in [7, 11) is 1.47. The third-order valence-electron chi connectivity index (χ3n) is 4.61. The number of aromatic nitrogens is 3. The second kappa shape index (κ2) is 5.86. The first-order valence-electron chi connectivity index (χ1n) is 7.81. The number of amides is 1. The molecule has 8 heteroatoms. The highest BCUT2D eigenvalue weighted by Gasteiger charge is 2.38. The number of rotatable bonds is 2. The number of carbonyl (C=O) groups excluding carboxylic acids is 1. The molecule has 0 unspecified atom stereocenters. The van der Waals surface area contributed by atoms with E-state index in [0.717, 1.165) is 5.69 Å². The minimum atomic E-state index is -0.464. The number of likely N-dealkylation sites (tertiary alicyclic amines) is 1. The van der Waals surface area contributed by atoms with Gasteiger partial charge in [0.1, 0.15) is 11.6 Å². The predicted molar refractivity (Wildman–Crippen MR) is 81.1 cm³/mol. The van der Waals surface area contributed by atoms with Crippen molar-refractivity contribution in [1.29, 1.82) is 0 Å². The van der Waals surface area contributed by atoms with Gasteiger partial charge >= 0.3 is 0 Å². The molecule has 2 aliphatic heterocycles. The summed E-state index contributed by atoms with van der Waals surface area (Å²) in [6.45, 7) is 1.48.